The summed E-state index contributed by atoms with van der Waals surface area (Å²) in [4.78, 5) is 24.5. The van der Waals surface area contributed by atoms with Gasteiger partial charge >= 0.3 is 0 Å². The van der Waals surface area contributed by atoms with Crippen LogP contribution in [0.4, 0.5) is 0 Å². The molecule has 90 valence electrons. The van der Waals surface area contributed by atoms with Gasteiger partial charge in [-0.15, -0.1) is 11.3 Å². The van der Waals surface area contributed by atoms with Gasteiger partial charge in [-0.05, 0) is 11.6 Å². The van der Waals surface area contributed by atoms with E-state index in [0.717, 1.165) is 27.5 Å². The topological polar surface area (TPSA) is 34.1 Å². The van der Waals surface area contributed by atoms with Crippen molar-refractivity contribution in [3.8, 4) is 11.1 Å². The molecule has 0 amide bonds. The highest BCUT2D eigenvalue weighted by Crippen LogP contribution is 2.45. The maximum Gasteiger partial charge on any atom is 0.194 e. The molecule has 0 saturated heterocycles. The van der Waals surface area contributed by atoms with E-state index in [0.29, 0.717) is 16.0 Å². The molecule has 19 heavy (non-hydrogen) atoms. The van der Waals surface area contributed by atoms with Crippen LogP contribution in [0.25, 0.3) is 21.2 Å². The first-order valence-corrected chi connectivity index (χ1v) is 6.77. The Labute approximate surface area is 113 Å². The molecule has 1 heterocycles. The summed E-state index contributed by atoms with van der Waals surface area (Å²) in [5.74, 6) is 0.0453. The number of carbonyl (C=O) groups excluding carboxylic acids is 2. The second-order valence-corrected chi connectivity index (χ2v) is 5.60. The second kappa shape index (κ2) is 3.62. The van der Waals surface area contributed by atoms with Crippen molar-refractivity contribution in [2.45, 2.75) is 0 Å². The molecule has 1 aliphatic rings. The van der Waals surface area contributed by atoms with Crippen molar-refractivity contribution in [2.75, 3.05) is 0 Å². The Morgan fingerprint density at radius 3 is 2.42 bits per heavy atom. The third-order valence-corrected chi connectivity index (χ3v) is 4.62. The number of fused-ring (bicyclic) bond motifs is 2. The van der Waals surface area contributed by atoms with Gasteiger partial charge in [-0.3, -0.25) is 9.59 Å². The fraction of sp³-hybridized carbons (Fsp3) is 0. The van der Waals surface area contributed by atoms with Gasteiger partial charge in [0, 0.05) is 26.8 Å². The summed E-state index contributed by atoms with van der Waals surface area (Å²) in [6.07, 6.45) is 0.885. The molecular formula is C16H8O2S. The molecule has 1 aliphatic carbocycles. The largest absolute Gasteiger partial charge is 0.297 e. The lowest BCUT2D eigenvalue weighted by atomic mass is 9.85. The molecule has 0 aliphatic heterocycles. The van der Waals surface area contributed by atoms with Gasteiger partial charge in [0.25, 0.3) is 0 Å². The number of carbonyl (C=O) groups is 2. The molecule has 0 unspecified atom stereocenters. The van der Waals surface area contributed by atoms with Crippen molar-refractivity contribution in [3.63, 3.8) is 0 Å². The molecule has 0 spiro atoms. The molecule has 0 saturated carbocycles. The van der Waals surface area contributed by atoms with E-state index in [9.17, 15) is 9.59 Å². The van der Waals surface area contributed by atoms with Crippen molar-refractivity contribution < 1.29 is 9.59 Å². The molecule has 0 fully saturated rings. The van der Waals surface area contributed by atoms with E-state index >= 15 is 0 Å². The zero-order valence-corrected chi connectivity index (χ0v) is 10.7. The average molecular weight is 264 g/mol. The first kappa shape index (κ1) is 10.6. The van der Waals surface area contributed by atoms with Gasteiger partial charge < -0.3 is 0 Å². The number of benzene rings is 2. The van der Waals surface area contributed by atoms with Crippen LogP contribution in [0.15, 0.2) is 42.5 Å². The molecule has 2 nitrogen and oxygen atoms in total. The lowest BCUT2D eigenvalue weighted by Crippen LogP contribution is -2.08. The number of aldehydes is 1. The van der Waals surface area contributed by atoms with E-state index in [-0.39, 0.29) is 5.78 Å². The van der Waals surface area contributed by atoms with Gasteiger partial charge in [0.05, 0.1) is 4.88 Å². The predicted octanol–water partition coefficient (Wildman–Crippen LogP) is 3.93. The Balaban J connectivity index is 2.29. The minimum atomic E-state index is 0.0453. The Morgan fingerprint density at radius 2 is 1.63 bits per heavy atom. The summed E-state index contributed by atoms with van der Waals surface area (Å²) >= 11 is 1.45. The maximum absolute atomic E-state index is 12.5. The molecule has 0 bridgehead atoms. The monoisotopic (exact) mass is 264 g/mol. The van der Waals surface area contributed by atoms with Crippen molar-refractivity contribution in [1.29, 1.82) is 0 Å². The van der Waals surface area contributed by atoms with Crippen molar-refractivity contribution >= 4 is 33.5 Å². The summed E-state index contributed by atoms with van der Waals surface area (Å²) in [6.45, 7) is 0. The van der Waals surface area contributed by atoms with Crippen LogP contribution in [-0.2, 0) is 0 Å². The van der Waals surface area contributed by atoms with E-state index in [1.54, 1.807) is 0 Å². The first-order valence-electron chi connectivity index (χ1n) is 5.96. The van der Waals surface area contributed by atoms with Crippen LogP contribution in [0.3, 0.4) is 0 Å². The standard InChI is InChI=1S/C16H8O2S/c17-8-13-14-9-4-1-2-5-10(9)16(18)11-6-3-7-12(19-13)15(11)14/h1-8H. The Morgan fingerprint density at radius 1 is 0.895 bits per heavy atom. The van der Waals surface area contributed by atoms with Crippen LogP contribution in [0.1, 0.15) is 25.6 Å². The number of rotatable bonds is 1. The van der Waals surface area contributed by atoms with E-state index in [1.807, 2.05) is 42.5 Å². The maximum atomic E-state index is 12.5. The zero-order chi connectivity index (χ0) is 13.0. The summed E-state index contributed by atoms with van der Waals surface area (Å²) in [5, 5.41) is 0.929. The first-order chi connectivity index (χ1) is 9.31. The Kier molecular flexibility index (Phi) is 2.03. The van der Waals surface area contributed by atoms with Gasteiger partial charge in [0.1, 0.15) is 0 Å². The molecule has 3 heteroatoms. The van der Waals surface area contributed by atoms with Gasteiger partial charge in [0.15, 0.2) is 12.1 Å². The van der Waals surface area contributed by atoms with Crippen LogP contribution >= 0.6 is 11.3 Å². The Bertz CT molecular complexity index is 858. The van der Waals surface area contributed by atoms with Gasteiger partial charge in [-0.25, -0.2) is 0 Å². The fourth-order valence-corrected chi connectivity index (χ4v) is 3.81. The normalized spacial score (nSPS) is 12.5. The van der Waals surface area contributed by atoms with Crippen LogP contribution in [-0.4, -0.2) is 12.1 Å². The average Bonchev–Trinajstić information content (AvgIpc) is 2.84. The number of hydrogen-bond donors (Lipinski definition) is 0. The van der Waals surface area contributed by atoms with E-state index < -0.39 is 0 Å². The predicted molar refractivity (Wildman–Crippen MR) is 76.1 cm³/mol. The highest BCUT2D eigenvalue weighted by molar-refractivity contribution is 7.21. The van der Waals surface area contributed by atoms with Gasteiger partial charge in [-0.2, -0.15) is 0 Å². The third-order valence-electron chi connectivity index (χ3n) is 3.54. The quantitative estimate of drug-likeness (QED) is 0.488. The molecule has 4 rings (SSSR count). The van der Waals surface area contributed by atoms with Crippen LogP contribution in [0.2, 0.25) is 0 Å². The molecule has 2 aromatic carbocycles. The van der Waals surface area contributed by atoms with Crippen LogP contribution < -0.4 is 0 Å². The molecule has 0 radical (unpaired) electrons. The van der Waals surface area contributed by atoms with E-state index in [1.165, 1.54) is 11.3 Å². The van der Waals surface area contributed by atoms with Crippen molar-refractivity contribution in [1.82, 2.24) is 0 Å². The van der Waals surface area contributed by atoms with Crippen molar-refractivity contribution in [3.05, 3.63) is 58.5 Å². The van der Waals surface area contributed by atoms with E-state index in [4.69, 9.17) is 0 Å². The van der Waals surface area contributed by atoms with Gasteiger partial charge in [-0.1, -0.05) is 36.4 Å². The summed E-state index contributed by atoms with van der Waals surface area (Å²) < 4.78 is 0.998. The fourth-order valence-electron chi connectivity index (χ4n) is 2.75. The zero-order valence-electron chi connectivity index (χ0n) is 9.84. The molecule has 0 atom stereocenters. The lowest BCUT2D eigenvalue weighted by molar-refractivity contribution is 0.103. The lowest BCUT2D eigenvalue weighted by Gasteiger charge is -2.16. The molecule has 0 N–H and O–H groups in total. The van der Waals surface area contributed by atoms with Gasteiger partial charge in [0.2, 0.25) is 0 Å². The number of ketones is 1. The molecule has 1 aromatic heterocycles. The highest BCUT2D eigenvalue weighted by Gasteiger charge is 2.28. The molecule has 3 aromatic rings. The van der Waals surface area contributed by atoms with Crippen molar-refractivity contribution in [2.24, 2.45) is 0 Å². The minimum Gasteiger partial charge on any atom is -0.297 e. The second-order valence-electron chi connectivity index (χ2n) is 4.51. The molecular weight excluding hydrogens is 256 g/mol. The third kappa shape index (κ3) is 1.25. The smallest absolute Gasteiger partial charge is 0.194 e. The summed E-state index contributed by atoms with van der Waals surface area (Å²) in [7, 11) is 0. The number of thiophene rings is 1. The van der Waals surface area contributed by atoms with Crippen LogP contribution in [0, 0.1) is 0 Å². The Hall–Kier alpha value is -2.26. The summed E-state index contributed by atoms with van der Waals surface area (Å²) in [5.41, 5.74) is 3.18. The van der Waals surface area contributed by atoms with E-state index in [2.05, 4.69) is 0 Å². The highest BCUT2D eigenvalue weighted by atomic mass is 32.1. The SMILES string of the molecule is O=Cc1sc2cccc3c2c1-c1ccccc1C3=O. The van der Waals surface area contributed by atoms with Crippen LogP contribution in [0.5, 0.6) is 0 Å². The summed E-state index contributed by atoms with van der Waals surface area (Å²) in [6, 6.07) is 13.2. The number of hydrogen-bond acceptors (Lipinski definition) is 3. The minimum absolute atomic E-state index is 0.0453.